The summed E-state index contributed by atoms with van der Waals surface area (Å²) in [6, 6.07) is 1.43. The Morgan fingerprint density at radius 1 is 1.39 bits per heavy atom. The van der Waals surface area contributed by atoms with Crippen molar-refractivity contribution in [2.45, 2.75) is 31.7 Å². The lowest BCUT2D eigenvalue weighted by atomic mass is 10.3. The fourth-order valence-corrected chi connectivity index (χ4v) is 2.70. The monoisotopic (exact) mass is 328 g/mol. The molecule has 3 rings (SSSR count). The molecule has 0 radical (unpaired) electrons. The van der Waals surface area contributed by atoms with E-state index in [2.05, 4.69) is 15.3 Å². The van der Waals surface area contributed by atoms with Crippen LogP contribution in [0.1, 0.15) is 36.6 Å². The SMILES string of the molecule is O=C(Cn1nc(C2CC2)cc1C(F)F)NCCN1CCOCC1. The summed E-state index contributed by atoms with van der Waals surface area (Å²) in [4.78, 5) is 14.2. The number of amides is 1. The lowest BCUT2D eigenvalue weighted by molar-refractivity contribution is -0.122. The van der Waals surface area contributed by atoms with Gasteiger partial charge in [0.05, 0.1) is 18.9 Å². The maximum absolute atomic E-state index is 13.1. The largest absolute Gasteiger partial charge is 0.379 e. The van der Waals surface area contributed by atoms with Crippen molar-refractivity contribution in [2.75, 3.05) is 39.4 Å². The highest BCUT2D eigenvalue weighted by Crippen LogP contribution is 2.40. The molecule has 2 heterocycles. The zero-order chi connectivity index (χ0) is 16.2. The maximum atomic E-state index is 13.1. The van der Waals surface area contributed by atoms with Gasteiger partial charge in [0.25, 0.3) is 6.43 Å². The van der Waals surface area contributed by atoms with Gasteiger partial charge in [0, 0.05) is 32.1 Å². The Kier molecular flexibility index (Phi) is 5.22. The topological polar surface area (TPSA) is 59.4 Å². The van der Waals surface area contributed by atoms with Crippen molar-refractivity contribution < 1.29 is 18.3 Å². The van der Waals surface area contributed by atoms with Gasteiger partial charge in [-0.05, 0) is 18.9 Å². The van der Waals surface area contributed by atoms with E-state index in [-0.39, 0.29) is 24.1 Å². The minimum atomic E-state index is -2.61. The van der Waals surface area contributed by atoms with Crippen molar-refractivity contribution in [3.05, 3.63) is 17.5 Å². The van der Waals surface area contributed by atoms with Gasteiger partial charge in [-0.1, -0.05) is 0 Å². The zero-order valence-corrected chi connectivity index (χ0v) is 13.0. The highest BCUT2D eigenvalue weighted by atomic mass is 19.3. The van der Waals surface area contributed by atoms with Crippen LogP contribution in [0.25, 0.3) is 0 Å². The van der Waals surface area contributed by atoms with Crippen molar-refractivity contribution in [1.82, 2.24) is 20.0 Å². The van der Waals surface area contributed by atoms with Gasteiger partial charge in [0.2, 0.25) is 5.91 Å². The third kappa shape index (κ3) is 4.48. The molecule has 0 bridgehead atoms. The van der Waals surface area contributed by atoms with Crippen LogP contribution in [0, 0.1) is 0 Å². The first-order valence-corrected chi connectivity index (χ1v) is 8.06. The second-order valence-corrected chi connectivity index (χ2v) is 6.03. The van der Waals surface area contributed by atoms with E-state index >= 15 is 0 Å². The number of hydrogen-bond donors (Lipinski definition) is 1. The molecular formula is C15H22F2N4O2. The number of aromatic nitrogens is 2. The van der Waals surface area contributed by atoms with Gasteiger partial charge in [-0.2, -0.15) is 5.10 Å². The third-order valence-electron chi connectivity index (χ3n) is 4.20. The molecule has 0 spiro atoms. The van der Waals surface area contributed by atoms with Crippen molar-refractivity contribution >= 4 is 5.91 Å². The van der Waals surface area contributed by atoms with Crippen LogP contribution in [0.15, 0.2) is 6.07 Å². The standard InChI is InChI=1S/C15H22F2N4O2/c16-15(17)13-9-12(11-1-2-11)19-21(13)10-14(22)18-3-4-20-5-7-23-8-6-20/h9,11,15H,1-8,10H2,(H,18,22). The van der Waals surface area contributed by atoms with E-state index < -0.39 is 6.43 Å². The summed E-state index contributed by atoms with van der Waals surface area (Å²) in [7, 11) is 0. The Bertz CT molecular complexity index is 540. The average molecular weight is 328 g/mol. The van der Waals surface area contributed by atoms with Gasteiger partial charge in [-0.15, -0.1) is 0 Å². The van der Waals surface area contributed by atoms with E-state index in [1.54, 1.807) is 0 Å². The molecule has 0 unspecified atom stereocenters. The number of halogens is 2. The maximum Gasteiger partial charge on any atom is 0.280 e. The highest BCUT2D eigenvalue weighted by molar-refractivity contribution is 5.75. The fraction of sp³-hybridized carbons (Fsp3) is 0.733. The number of carbonyl (C=O) groups excluding carboxylic acids is 1. The van der Waals surface area contributed by atoms with Gasteiger partial charge < -0.3 is 10.1 Å². The lowest BCUT2D eigenvalue weighted by Crippen LogP contribution is -2.42. The predicted molar refractivity (Wildman–Crippen MR) is 79.4 cm³/mol. The molecule has 8 heteroatoms. The van der Waals surface area contributed by atoms with Crippen LogP contribution in [0.3, 0.4) is 0 Å². The Morgan fingerprint density at radius 2 is 2.13 bits per heavy atom. The molecule has 0 atom stereocenters. The summed E-state index contributed by atoms with van der Waals surface area (Å²) >= 11 is 0. The van der Waals surface area contributed by atoms with Crippen LogP contribution in [-0.4, -0.2) is 60.0 Å². The molecule has 1 saturated carbocycles. The quantitative estimate of drug-likeness (QED) is 0.816. The molecular weight excluding hydrogens is 306 g/mol. The summed E-state index contributed by atoms with van der Waals surface area (Å²) in [6.07, 6.45) is -0.632. The molecule has 1 aromatic heterocycles. The highest BCUT2D eigenvalue weighted by Gasteiger charge is 2.29. The Balaban J connectivity index is 1.48. The molecule has 1 aromatic rings. The van der Waals surface area contributed by atoms with Gasteiger partial charge in [-0.25, -0.2) is 8.78 Å². The summed E-state index contributed by atoms with van der Waals surface area (Å²) in [5.41, 5.74) is 0.511. The van der Waals surface area contributed by atoms with Crippen molar-refractivity contribution in [1.29, 1.82) is 0 Å². The summed E-state index contributed by atoms with van der Waals surface area (Å²) in [5, 5.41) is 6.95. The number of carbonyl (C=O) groups is 1. The second-order valence-electron chi connectivity index (χ2n) is 6.03. The first kappa shape index (κ1) is 16.3. The minimum Gasteiger partial charge on any atom is -0.379 e. The van der Waals surface area contributed by atoms with Crippen molar-refractivity contribution in [2.24, 2.45) is 0 Å². The summed E-state index contributed by atoms with van der Waals surface area (Å²) < 4.78 is 32.5. The molecule has 2 aliphatic rings. The van der Waals surface area contributed by atoms with E-state index in [9.17, 15) is 13.6 Å². The smallest absolute Gasteiger partial charge is 0.280 e. The van der Waals surface area contributed by atoms with Crippen LogP contribution in [0.2, 0.25) is 0 Å². The fourth-order valence-electron chi connectivity index (χ4n) is 2.70. The molecule has 6 nitrogen and oxygen atoms in total. The number of nitrogens with zero attached hydrogens (tertiary/aromatic N) is 3. The van der Waals surface area contributed by atoms with Gasteiger partial charge in [0.1, 0.15) is 12.2 Å². The first-order chi connectivity index (χ1) is 11.1. The summed E-state index contributed by atoms with van der Waals surface area (Å²) in [5.74, 6) is 0.00346. The second kappa shape index (κ2) is 7.35. The third-order valence-corrected chi connectivity index (χ3v) is 4.20. The van der Waals surface area contributed by atoms with E-state index in [1.807, 2.05) is 0 Å². The minimum absolute atomic E-state index is 0.157. The first-order valence-electron chi connectivity index (χ1n) is 8.06. The van der Waals surface area contributed by atoms with Crippen LogP contribution in [0.4, 0.5) is 8.78 Å². The molecule has 1 aliphatic heterocycles. The Hall–Kier alpha value is -1.54. The lowest BCUT2D eigenvalue weighted by Gasteiger charge is -2.26. The number of alkyl halides is 2. The molecule has 23 heavy (non-hydrogen) atoms. The molecule has 0 aromatic carbocycles. The van der Waals surface area contributed by atoms with Crippen molar-refractivity contribution in [3.63, 3.8) is 0 Å². The molecule has 1 saturated heterocycles. The predicted octanol–water partition coefficient (Wildman–Crippen LogP) is 1.15. The molecule has 128 valence electrons. The molecule has 1 N–H and O–H groups in total. The van der Waals surface area contributed by atoms with Crippen LogP contribution in [0.5, 0.6) is 0 Å². The number of ether oxygens (including phenoxy) is 1. The van der Waals surface area contributed by atoms with Gasteiger partial charge >= 0.3 is 0 Å². The molecule has 1 aliphatic carbocycles. The number of rotatable bonds is 7. The summed E-state index contributed by atoms with van der Waals surface area (Å²) in [6.45, 7) is 4.22. The number of morpholine rings is 1. The van der Waals surface area contributed by atoms with E-state index in [1.165, 1.54) is 6.07 Å². The van der Waals surface area contributed by atoms with Crippen molar-refractivity contribution in [3.8, 4) is 0 Å². The zero-order valence-electron chi connectivity index (χ0n) is 13.0. The Morgan fingerprint density at radius 3 is 2.78 bits per heavy atom. The Labute approximate surface area is 133 Å². The van der Waals surface area contributed by atoms with Crippen LogP contribution < -0.4 is 5.32 Å². The molecule has 1 amide bonds. The van der Waals surface area contributed by atoms with E-state index in [0.29, 0.717) is 25.5 Å². The number of nitrogens with one attached hydrogen (secondary N) is 1. The van der Waals surface area contributed by atoms with Gasteiger partial charge in [0.15, 0.2) is 0 Å². The average Bonchev–Trinajstić information content (AvgIpc) is 3.29. The molecule has 2 fully saturated rings. The van der Waals surface area contributed by atoms with Crippen LogP contribution in [-0.2, 0) is 16.1 Å². The van der Waals surface area contributed by atoms with E-state index in [4.69, 9.17) is 4.74 Å². The van der Waals surface area contributed by atoms with Gasteiger partial charge in [-0.3, -0.25) is 14.4 Å². The number of hydrogen-bond acceptors (Lipinski definition) is 4. The normalized spacial score (nSPS) is 19.3. The van der Waals surface area contributed by atoms with E-state index in [0.717, 1.165) is 37.2 Å². The van der Waals surface area contributed by atoms with Crippen LogP contribution >= 0.6 is 0 Å².